The fraction of sp³-hybridized carbons (Fsp3) is 1.00. The fourth-order valence-corrected chi connectivity index (χ4v) is 1.34. The first-order valence-corrected chi connectivity index (χ1v) is 4.47. The fourth-order valence-electron chi connectivity index (χ4n) is 0.604. The molecular weight excluding hydrogens is 132 g/mol. The molecule has 9 heavy (non-hydrogen) atoms. The van der Waals surface area contributed by atoms with Gasteiger partial charge in [0.1, 0.15) is 5.94 Å². The van der Waals surface area contributed by atoms with Crippen molar-refractivity contribution in [3.8, 4) is 0 Å². The first-order chi connectivity index (χ1) is 4.22. The van der Waals surface area contributed by atoms with Crippen molar-refractivity contribution in [2.75, 3.05) is 5.94 Å². The summed E-state index contributed by atoms with van der Waals surface area (Å²) in [6.07, 6.45) is 1.17. The second-order valence-electron chi connectivity index (χ2n) is 2.38. The Kier molecular flexibility index (Phi) is 5.30. The highest BCUT2D eigenvalue weighted by molar-refractivity contribution is 7.99. The standard InChI is InChI=1S/C7H15OS/c1-4-6(2)7(3)9-5-8/h6-7H,4-5H2,1-3H3. The maximum Gasteiger partial charge on any atom is 0.128 e. The van der Waals surface area contributed by atoms with Crippen LogP contribution in [0, 0.1) is 5.92 Å². The predicted molar refractivity (Wildman–Crippen MR) is 42.1 cm³/mol. The minimum Gasteiger partial charge on any atom is -0.225 e. The summed E-state index contributed by atoms with van der Waals surface area (Å²) in [5.74, 6) is 0.690. The highest BCUT2D eigenvalue weighted by Crippen LogP contribution is 2.20. The van der Waals surface area contributed by atoms with Crippen molar-refractivity contribution in [2.24, 2.45) is 5.92 Å². The van der Waals surface area contributed by atoms with Gasteiger partial charge in [-0.2, -0.15) is 0 Å². The highest BCUT2D eigenvalue weighted by Gasteiger charge is 2.08. The Morgan fingerprint density at radius 3 is 2.33 bits per heavy atom. The second-order valence-corrected chi connectivity index (χ2v) is 3.69. The minimum atomic E-state index is 0.00546. The van der Waals surface area contributed by atoms with Crippen LogP contribution in [0.1, 0.15) is 27.2 Å². The van der Waals surface area contributed by atoms with Crippen LogP contribution in [0.5, 0.6) is 0 Å². The van der Waals surface area contributed by atoms with Gasteiger partial charge in [0.15, 0.2) is 0 Å². The van der Waals surface area contributed by atoms with Crippen LogP contribution in [0.3, 0.4) is 0 Å². The predicted octanol–water partition coefficient (Wildman–Crippen LogP) is 2.54. The quantitative estimate of drug-likeness (QED) is 0.559. The van der Waals surface area contributed by atoms with Crippen LogP contribution in [0.25, 0.3) is 0 Å². The molecule has 1 nitrogen and oxygen atoms in total. The van der Waals surface area contributed by atoms with Crippen molar-refractivity contribution in [1.82, 2.24) is 0 Å². The van der Waals surface area contributed by atoms with Gasteiger partial charge in [0, 0.05) is 5.25 Å². The maximum atomic E-state index is 10.1. The van der Waals surface area contributed by atoms with Crippen LogP contribution in [-0.4, -0.2) is 11.2 Å². The van der Waals surface area contributed by atoms with E-state index in [0.29, 0.717) is 11.2 Å². The van der Waals surface area contributed by atoms with E-state index in [1.165, 1.54) is 18.2 Å². The molecule has 0 bridgehead atoms. The van der Waals surface area contributed by atoms with Crippen LogP contribution in [0.2, 0.25) is 0 Å². The van der Waals surface area contributed by atoms with E-state index in [-0.39, 0.29) is 5.94 Å². The molecule has 55 valence electrons. The maximum absolute atomic E-state index is 10.1. The summed E-state index contributed by atoms with van der Waals surface area (Å²) in [7, 11) is 0. The van der Waals surface area contributed by atoms with Gasteiger partial charge in [0.05, 0.1) is 0 Å². The van der Waals surface area contributed by atoms with Crippen LogP contribution in [-0.2, 0) is 5.11 Å². The third-order valence-corrected chi connectivity index (χ3v) is 2.90. The van der Waals surface area contributed by atoms with Gasteiger partial charge in [-0.05, 0) is 5.92 Å². The van der Waals surface area contributed by atoms with Gasteiger partial charge in [0.25, 0.3) is 0 Å². The zero-order valence-corrected chi connectivity index (χ0v) is 7.20. The molecule has 0 aromatic rings. The summed E-state index contributed by atoms with van der Waals surface area (Å²) in [6.45, 7) is 6.47. The summed E-state index contributed by atoms with van der Waals surface area (Å²) in [5, 5.41) is 10.7. The lowest BCUT2D eigenvalue weighted by Gasteiger charge is -2.15. The third kappa shape index (κ3) is 3.82. The van der Waals surface area contributed by atoms with E-state index in [1.807, 2.05) is 0 Å². The molecule has 2 atom stereocenters. The molecule has 0 amide bonds. The summed E-state index contributed by atoms with van der Waals surface area (Å²) in [4.78, 5) is 0. The topological polar surface area (TPSA) is 19.9 Å². The van der Waals surface area contributed by atoms with Crippen molar-refractivity contribution in [3.05, 3.63) is 0 Å². The van der Waals surface area contributed by atoms with Gasteiger partial charge in [-0.15, -0.1) is 11.8 Å². The summed E-state index contributed by atoms with van der Waals surface area (Å²) >= 11 is 1.51. The molecule has 1 radical (unpaired) electrons. The molecule has 0 aliphatic carbocycles. The van der Waals surface area contributed by atoms with Crippen LogP contribution in [0.4, 0.5) is 0 Å². The number of thioether (sulfide) groups is 1. The van der Waals surface area contributed by atoms with Crippen LogP contribution < -0.4 is 0 Å². The molecule has 0 aliphatic rings. The van der Waals surface area contributed by atoms with Crippen LogP contribution in [0.15, 0.2) is 0 Å². The zero-order chi connectivity index (χ0) is 7.28. The average Bonchev–Trinajstić information content (AvgIpc) is 1.87. The van der Waals surface area contributed by atoms with Crippen molar-refractivity contribution in [2.45, 2.75) is 32.4 Å². The van der Waals surface area contributed by atoms with E-state index in [0.717, 1.165) is 0 Å². The third-order valence-electron chi connectivity index (χ3n) is 1.78. The lowest BCUT2D eigenvalue weighted by molar-refractivity contribution is 0.259. The van der Waals surface area contributed by atoms with E-state index >= 15 is 0 Å². The molecule has 0 N–H and O–H groups in total. The van der Waals surface area contributed by atoms with Crippen molar-refractivity contribution in [1.29, 1.82) is 0 Å². The molecule has 2 unspecified atom stereocenters. The Morgan fingerprint density at radius 1 is 1.44 bits per heavy atom. The summed E-state index contributed by atoms with van der Waals surface area (Å²) in [6, 6.07) is 0. The molecule has 0 saturated carbocycles. The van der Waals surface area contributed by atoms with E-state index in [2.05, 4.69) is 20.8 Å². The first-order valence-electron chi connectivity index (χ1n) is 3.42. The zero-order valence-electron chi connectivity index (χ0n) is 6.39. The molecule has 2 heteroatoms. The molecule has 0 spiro atoms. The number of hydrogen-bond acceptors (Lipinski definition) is 1. The largest absolute Gasteiger partial charge is 0.225 e. The highest BCUT2D eigenvalue weighted by atomic mass is 32.2. The van der Waals surface area contributed by atoms with E-state index in [1.54, 1.807) is 0 Å². The molecule has 0 aliphatic heterocycles. The Balaban J connectivity index is 3.32. The number of rotatable bonds is 4. The molecule has 0 saturated heterocycles. The number of hydrogen-bond donors (Lipinski definition) is 0. The smallest absolute Gasteiger partial charge is 0.128 e. The lowest BCUT2D eigenvalue weighted by atomic mass is 10.1. The average molecular weight is 147 g/mol. The van der Waals surface area contributed by atoms with Gasteiger partial charge in [0.2, 0.25) is 0 Å². The Labute approximate surface area is 61.8 Å². The minimum absolute atomic E-state index is 0.00546. The first kappa shape index (κ1) is 9.31. The molecule has 0 fully saturated rings. The Hall–Kier alpha value is 0.310. The van der Waals surface area contributed by atoms with Crippen molar-refractivity contribution >= 4 is 11.8 Å². The van der Waals surface area contributed by atoms with E-state index in [9.17, 15) is 5.11 Å². The van der Waals surface area contributed by atoms with Crippen molar-refractivity contribution < 1.29 is 5.11 Å². The summed E-state index contributed by atoms with van der Waals surface area (Å²) in [5.41, 5.74) is 0. The second kappa shape index (κ2) is 5.12. The van der Waals surface area contributed by atoms with Gasteiger partial charge < -0.3 is 0 Å². The van der Waals surface area contributed by atoms with E-state index in [4.69, 9.17) is 0 Å². The van der Waals surface area contributed by atoms with Crippen molar-refractivity contribution in [3.63, 3.8) is 0 Å². The monoisotopic (exact) mass is 147 g/mol. The van der Waals surface area contributed by atoms with Gasteiger partial charge in [-0.25, -0.2) is 5.11 Å². The van der Waals surface area contributed by atoms with Gasteiger partial charge >= 0.3 is 0 Å². The normalized spacial score (nSPS) is 17.3. The van der Waals surface area contributed by atoms with Gasteiger partial charge in [-0.1, -0.05) is 27.2 Å². The van der Waals surface area contributed by atoms with E-state index < -0.39 is 0 Å². The molecular formula is C7H15OS. The van der Waals surface area contributed by atoms with Gasteiger partial charge in [-0.3, -0.25) is 0 Å². The van der Waals surface area contributed by atoms with Crippen LogP contribution >= 0.6 is 11.8 Å². The Bertz CT molecular complexity index is 65.9. The summed E-state index contributed by atoms with van der Waals surface area (Å²) < 4.78 is 0. The SMILES string of the molecule is CCC(C)C(C)SC[O]. The lowest BCUT2D eigenvalue weighted by Crippen LogP contribution is -2.08. The molecule has 0 rings (SSSR count). The molecule has 0 aromatic carbocycles. The molecule has 0 aromatic heterocycles. The Morgan fingerprint density at radius 2 is 2.00 bits per heavy atom. The molecule has 0 heterocycles.